The van der Waals surface area contributed by atoms with Crippen molar-refractivity contribution in [3.63, 3.8) is 0 Å². The first-order chi connectivity index (χ1) is 8.48. The van der Waals surface area contributed by atoms with Crippen molar-refractivity contribution in [3.05, 3.63) is 29.6 Å². The van der Waals surface area contributed by atoms with E-state index in [0.29, 0.717) is 17.9 Å². The summed E-state index contributed by atoms with van der Waals surface area (Å²) < 4.78 is 24.5. The molecule has 0 aliphatic carbocycles. The molecule has 1 aliphatic heterocycles. The van der Waals surface area contributed by atoms with Gasteiger partial charge < -0.3 is 14.6 Å². The van der Waals surface area contributed by atoms with Gasteiger partial charge in [-0.15, -0.1) is 0 Å². The van der Waals surface area contributed by atoms with E-state index in [-0.39, 0.29) is 18.3 Å². The van der Waals surface area contributed by atoms with Gasteiger partial charge in [-0.25, -0.2) is 4.39 Å². The Bertz CT molecular complexity index is 418. The third-order valence-electron chi connectivity index (χ3n) is 3.10. The third kappa shape index (κ3) is 3.43. The lowest BCUT2D eigenvalue weighted by Gasteiger charge is -2.19. The van der Waals surface area contributed by atoms with E-state index >= 15 is 0 Å². The van der Waals surface area contributed by atoms with Crippen molar-refractivity contribution >= 4 is 0 Å². The first-order valence-corrected chi connectivity index (χ1v) is 6.19. The van der Waals surface area contributed by atoms with E-state index in [9.17, 15) is 4.39 Å². The Kier molecular flexibility index (Phi) is 3.88. The molecule has 1 fully saturated rings. The molecule has 18 heavy (non-hydrogen) atoms. The van der Waals surface area contributed by atoms with Gasteiger partial charge in [0.1, 0.15) is 18.2 Å². The zero-order valence-corrected chi connectivity index (χ0v) is 10.8. The van der Waals surface area contributed by atoms with Crippen molar-refractivity contribution in [3.8, 4) is 5.75 Å². The highest BCUT2D eigenvalue weighted by Gasteiger charge is 2.31. The first-order valence-electron chi connectivity index (χ1n) is 6.19. The Labute approximate surface area is 107 Å². The summed E-state index contributed by atoms with van der Waals surface area (Å²) in [4.78, 5) is 0. The van der Waals surface area contributed by atoms with E-state index in [0.717, 1.165) is 12.8 Å². The highest BCUT2D eigenvalue weighted by atomic mass is 19.1. The maximum Gasteiger partial charge on any atom is 0.127 e. The second kappa shape index (κ2) is 5.24. The third-order valence-corrected chi connectivity index (χ3v) is 3.10. The highest BCUT2D eigenvalue weighted by molar-refractivity contribution is 5.29. The average molecular weight is 254 g/mol. The molecule has 0 radical (unpaired) electrons. The molecule has 0 bridgehead atoms. The van der Waals surface area contributed by atoms with Crippen LogP contribution >= 0.6 is 0 Å². The smallest absolute Gasteiger partial charge is 0.127 e. The topological polar surface area (TPSA) is 38.7 Å². The van der Waals surface area contributed by atoms with E-state index < -0.39 is 5.82 Å². The molecule has 1 aliphatic rings. The fourth-order valence-corrected chi connectivity index (χ4v) is 2.18. The second-order valence-electron chi connectivity index (χ2n) is 5.30. The summed E-state index contributed by atoms with van der Waals surface area (Å²) in [5, 5.41) is 8.99. The van der Waals surface area contributed by atoms with Crippen LogP contribution in [0, 0.1) is 5.82 Å². The molecule has 1 aromatic rings. The molecular weight excluding hydrogens is 235 g/mol. The molecule has 0 spiro atoms. The summed E-state index contributed by atoms with van der Waals surface area (Å²) >= 11 is 0. The largest absolute Gasteiger partial charge is 0.491 e. The van der Waals surface area contributed by atoms with Crippen LogP contribution in [0.5, 0.6) is 5.75 Å². The van der Waals surface area contributed by atoms with Crippen molar-refractivity contribution in [2.75, 3.05) is 6.61 Å². The molecule has 2 rings (SSSR count). The van der Waals surface area contributed by atoms with E-state index in [1.807, 2.05) is 0 Å². The zero-order valence-electron chi connectivity index (χ0n) is 10.8. The summed E-state index contributed by atoms with van der Waals surface area (Å²) in [6, 6.07) is 4.25. The van der Waals surface area contributed by atoms with Crippen molar-refractivity contribution in [2.45, 2.75) is 45.0 Å². The number of benzene rings is 1. The number of aliphatic hydroxyl groups is 1. The van der Waals surface area contributed by atoms with Crippen LogP contribution in [0.2, 0.25) is 0 Å². The lowest BCUT2D eigenvalue weighted by molar-refractivity contribution is -0.0327. The molecule has 100 valence electrons. The van der Waals surface area contributed by atoms with Gasteiger partial charge in [-0.3, -0.25) is 0 Å². The van der Waals surface area contributed by atoms with Crippen LogP contribution in [0.25, 0.3) is 0 Å². The highest BCUT2D eigenvalue weighted by Crippen LogP contribution is 2.29. The Balaban J connectivity index is 1.92. The Morgan fingerprint density at radius 2 is 2.22 bits per heavy atom. The minimum absolute atomic E-state index is 0.0563. The van der Waals surface area contributed by atoms with Crippen molar-refractivity contribution in [1.82, 2.24) is 0 Å². The van der Waals surface area contributed by atoms with Gasteiger partial charge in [-0.1, -0.05) is 0 Å². The monoisotopic (exact) mass is 254 g/mol. The maximum atomic E-state index is 13.2. The molecule has 0 amide bonds. The molecule has 4 heteroatoms. The summed E-state index contributed by atoms with van der Waals surface area (Å²) in [5.74, 6) is 0.0385. The van der Waals surface area contributed by atoms with Gasteiger partial charge in [0.05, 0.1) is 18.3 Å². The van der Waals surface area contributed by atoms with Crippen molar-refractivity contribution < 1.29 is 19.0 Å². The minimum Gasteiger partial charge on any atom is -0.491 e. The van der Waals surface area contributed by atoms with Crippen LogP contribution in [0.4, 0.5) is 4.39 Å². The summed E-state index contributed by atoms with van der Waals surface area (Å²) in [6.45, 7) is 4.33. The standard InChI is InChI=1S/C14H19FO3/c1-14(2)4-3-12(18-14)9-17-13-6-10(8-16)5-11(15)7-13/h5-7,12,16H,3-4,8-9H2,1-2H3. The van der Waals surface area contributed by atoms with E-state index in [2.05, 4.69) is 13.8 Å². The predicted molar refractivity (Wildman–Crippen MR) is 66.0 cm³/mol. The zero-order chi connectivity index (χ0) is 13.2. The van der Waals surface area contributed by atoms with Gasteiger partial charge in [0.15, 0.2) is 0 Å². The Morgan fingerprint density at radius 1 is 1.44 bits per heavy atom. The molecule has 0 aromatic heterocycles. The van der Waals surface area contributed by atoms with Gasteiger partial charge in [0.25, 0.3) is 0 Å². The summed E-state index contributed by atoms with van der Waals surface area (Å²) in [7, 11) is 0. The molecule has 3 nitrogen and oxygen atoms in total. The minimum atomic E-state index is -0.399. The molecule has 1 N–H and O–H groups in total. The predicted octanol–water partition coefficient (Wildman–Crippen LogP) is 2.65. The number of ether oxygens (including phenoxy) is 2. The quantitative estimate of drug-likeness (QED) is 0.897. The van der Waals surface area contributed by atoms with E-state index in [1.54, 1.807) is 6.07 Å². The molecule has 1 atom stereocenters. The van der Waals surface area contributed by atoms with Crippen LogP contribution in [0.1, 0.15) is 32.3 Å². The first kappa shape index (κ1) is 13.3. The maximum absolute atomic E-state index is 13.2. The van der Waals surface area contributed by atoms with Gasteiger partial charge in [0.2, 0.25) is 0 Å². The summed E-state index contributed by atoms with van der Waals surface area (Å²) in [6.07, 6.45) is 2.02. The average Bonchev–Trinajstić information content (AvgIpc) is 2.65. The van der Waals surface area contributed by atoms with Crippen LogP contribution in [-0.2, 0) is 11.3 Å². The Morgan fingerprint density at radius 3 is 2.83 bits per heavy atom. The number of aliphatic hydroxyl groups excluding tert-OH is 1. The second-order valence-corrected chi connectivity index (χ2v) is 5.30. The van der Waals surface area contributed by atoms with Crippen LogP contribution in [0.15, 0.2) is 18.2 Å². The van der Waals surface area contributed by atoms with E-state index in [4.69, 9.17) is 14.6 Å². The number of halogens is 1. The van der Waals surface area contributed by atoms with Gasteiger partial charge in [-0.05, 0) is 44.4 Å². The fraction of sp³-hybridized carbons (Fsp3) is 0.571. The number of hydrogen-bond donors (Lipinski definition) is 1. The van der Waals surface area contributed by atoms with Crippen molar-refractivity contribution in [1.29, 1.82) is 0 Å². The van der Waals surface area contributed by atoms with Gasteiger partial charge >= 0.3 is 0 Å². The van der Waals surface area contributed by atoms with Gasteiger partial charge in [-0.2, -0.15) is 0 Å². The molecule has 0 saturated carbocycles. The van der Waals surface area contributed by atoms with Crippen LogP contribution in [-0.4, -0.2) is 23.4 Å². The molecule has 1 aromatic carbocycles. The van der Waals surface area contributed by atoms with Crippen LogP contribution in [0.3, 0.4) is 0 Å². The molecule has 1 saturated heterocycles. The number of rotatable bonds is 4. The molecule has 1 unspecified atom stereocenters. The van der Waals surface area contributed by atoms with E-state index in [1.165, 1.54) is 12.1 Å². The fourth-order valence-electron chi connectivity index (χ4n) is 2.18. The number of hydrogen-bond acceptors (Lipinski definition) is 3. The summed E-state index contributed by atoms with van der Waals surface area (Å²) in [5.41, 5.74) is 0.421. The SMILES string of the molecule is CC1(C)CCC(COc2cc(F)cc(CO)c2)O1. The van der Waals surface area contributed by atoms with Crippen LogP contribution < -0.4 is 4.74 Å². The normalized spacial score (nSPS) is 22.1. The Hall–Kier alpha value is -1.13. The van der Waals surface area contributed by atoms with Crippen molar-refractivity contribution in [2.24, 2.45) is 0 Å². The molecular formula is C14H19FO3. The lowest BCUT2D eigenvalue weighted by atomic mass is 10.1. The lowest BCUT2D eigenvalue weighted by Crippen LogP contribution is -2.23. The molecule has 1 heterocycles. The van der Waals surface area contributed by atoms with Gasteiger partial charge in [0, 0.05) is 6.07 Å².